The van der Waals surface area contributed by atoms with Crippen molar-refractivity contribution in [3.63, 3.8) is 0 Å². The van der Waals surface area contributed by atoms with Crippen LogP contribution in [0.3, 0.4) is 0 Å². The average molecular weight is 445 g/mol. The second-order valence-electron chi connectivity index (χ2n) is 8.27. The van der Waals surface area contributed by atoms with Gasteiger partial charge in [-0.3, -0.25) is 0 Å². The summed E-state index contributed by atoms with van der Waals surface area (Å²) in [5, 5.41) is 4.70. The fourth-order valence-electron chi connectivity index (χ4n) is 4.26. The Morgan fingerprint density at radius 3 is 2.70 bits per heavy atom. The molecule has 1 aliphatic rings. The van der Waals surface area contributed by atoms with Crippen LogP contribution in [0.1, 0.15) is 54.3 Å². The van der Waals surface area contributed by atoms with E-state index in [1.165, 1.54) is 12.1 Å². The number of aromatic nitrogens is 6. The lowest BCUT2D eigenvalue weighted by Gasteiger charge is -2.22. The molecule has 1 atom stereocenters. The van der Waals surface area contributed by atoms with Gasteiger partial charge in [0.2, 0.25) is 5.88 Å². The SMILES string of the molecule is COc1nc(C(C)=Cc2nc3n(n2)CCC[C@H]3c2ccc(F)cc2)ccc1-n1cnc(C)c1. The molecule has 5 rings (SSSR count). The number of rotatable bonds is 5. The summed E-state index contributed by atoms with van der Waals surface area (Å²) in [6.45, 7) is 4.76. The van der Waals surface area contributed by atoms with Gasteiger partial charge < -0.3 is 9.30 Å². The number of fused-ring (bicyclic) bond motifs is 1. The number of hydrogen-bond acceptors (Lipinski definition) is 5. The summed E-state index contributed by atoms with van der Waals surface area (Å²) in [6, 6.07) is 10.6. The number of nitrogens with zero attached hydrogens (tertiary/aromatic N) is 6. The zero-order chi connectivity index (χ0) is 22.9. The third kappa shape index (κ3) is 4.16. The van der Waals surface area contributed by atoms with Crippen LogP contribution in [0.15, 0.2) is 48.9 Å². The van der Waals surface area contributed by atoms with Gasteiger partial charge in [-0.2, -0.15) is 5.10 Å². The van der Waals surface area contributed by atoms with E-state index < -0.39 is 0 Å². The summed E-state index contributed by atoms with van der Waals surface area (Å²) >= 11 is 0. The quantitative estimate of drug-likeness (QED) is 0.442. The van der Waals surface area contributed by atoms with Gasteiger partial charge in [-0.25, -0.2) is 24.0 Å². The highest BCUT2D eigenvalue weighted by molar-refractivity contribution is 5.77. The zero-order valence-corrected chi connectivity index (χ0v) is 18.9. The fraction of sp³-hybridized carbons (Fsp3) is 0.280. The number of ether oxygens (including phenoxy) is 1. The van der Waals surface area contributed by atoms with Crippen molar-refractivity contribution in [3.8, 4) is 11.6 Å². The van der Waals surface area contributed by atoms with Crippen LogP contribution in [-0.4, -0.2) is 36.4 Å². The predicted molar refractivity (Wildman–Crippen MR) is 124 cm³/mol. The Morgan fingerprint density at radius 1 is 1.15 bits per heavy atom. The van der Waals surface area contributed by atoms with Crippen LogP contribution < -0.4 is 4.74 Å². The van der Waals surface area contributed by atoms with E-state index in [4.69, 9.17) is 14.8 Å². The van der Waals surface area contributed by atoms with E-state index in [1.807, 2.05) is 59.6 Å². The number of allylic oxidation sites excluding steroid dienone is 1. The van der Waals surface area contributed by atoms with Crippen LogP contribution in [0.4, 0.5) is 4.39 Å². The van der Waals surface area contributed by atoms with Crippen molar-refractivity contribution in [1.29, 1.82) is 0 Å². The maximum Gasteiger partial charge on any atom is 0.238 e. The van der Waals surface area contributed by atoms with Gasteiger partial charge in [-0.15, -0.1) is 0 Å². The minimum Gasteiger partial charge on any atom is -0.479 e. The van der Waals surface area contributed by atoms with Gasteiger partial charge in [-0.05, 0) is 68.2 Å². The molecule has 0 bridgehead atoms. The lowest BCUT2D eigenvalue weighted by atomic mass is 9.91. The first-order valence-corrected chi connectivity index (χ1v) is 11.0. The third-order valence-electron chi connectivity index (χ3n) is 5.94. The molecule has 0 saturated carbocycles. The Morgan fingerprint density at radius 2 is 1.97 bits per heavy atom. The molecule has 7 nitrogen and oxygen atoms in total. The molecule has 1 aliphatic heterocycles. The van der Waals surface area contributed by atoms with Gasteiger partial charge in [0, 0.05) is 18.7 Å². The Labute approximate surface area is 191 Å². The van der Waals surface area contributed by atoms with Crippen LogP contribution in [0.2, 0.25) is 0 Å². The topological polar surface area (TPSA) is 70.7 Å². The maximum absolute atomic E-state index is 13.4. The molecule has 4 heterocycles. The van der Waals surface area contributed by atoms with Gasteiger partial charge in [0.05, 0.1) is 24.8 Å². The summed E-state index contributed by atoms with van der Waals surface area (Å²) in [7, 11) is 1.61. The van der Waals surface area contributed by atoms with Crippen molar-refractivity contribution < 1.29 is 9.13 Å². The van der Waals surface area contributed by atoms with Crippen molar-refractivity contribution in [3.05, 3.63) is 83.3 Å². The second kappa shape index (κ2) is 8.61. The monoisotopic (exact) mass is 444 g/mol. The molecule has 0 spiro atoms. The zero-order valence-electron chi connectivity index (χ0n) is 18.9. The number of benzene rings is 1. The van der Waals surface area contributed by atoms with E-state index in [9.17, 15) is 4.39 Å². The highest BCUT2D eigenvalue weighted by Crippen LogP contribution is 2.32. The summed E-state index contributed by atoms with van der Waals surface area (Å²) in [5.74, 6) is 1.97. The Hall–Kier alpha value is -3.81. The predicted octanol–water partition coefficient (Wildman–Crippen LogP) is 4.80. The number of hydrogen-bond donors (Lipinski definition) is 0. The molecule has 0 unspecified atom stereocenters. The van der Waals surface area contributed by atoms with E-state index in [1.54, 1.807) is 13.4 Å². The summed E-state index contributed by atoms with van der Waals surface area (Å²) in [6.07, 6.45) is 7.60. The highest BCUT2D eigenvalue weighted by Gasteiger charge is 2.25. The first-order valence-electron chi connectivity index (χ1n) is 11.0. The number of methoxy groups -OCH3 is 1. The second-order valence-corrected chi connectivity index (χ2v) is 8.27. The van der Waals surface area contributed by atoms with Crippen LogP contribution in [0.25, 0.3) is 17.3 Å². The van der Waals surface area contributed by atoms with Crippen molar-refractivity contribution in [1.82, 2.24) is 29.3 Å². The van der Waals surface area contributed by atoms with Gasteiger partial charge in [-0.1, -0.05) is 12.1 Å². The van der Waals surface area contributed by atoms with Crippen LogP contribution in [0, 0.1) is 12.7 Å². The van der Waals surface area contributed by atoms with E-state index in [0.29, 0.717) is 11.7 Å². The molecule has 1 aromatic carbocycles. The third-order valence-corrected chi connectivity index (χ3v) is 5.94. The Kier molecular flexibility index (Phi) is 5.50. The normalized spacial score (nSPS) is 16.0. The first kappa shape index (κ1) is 21.1. The van der Waals surface area contributed by atoms with E-state index in [0.717, 1.165) is 53.4 Å². The van der Waals surface area contributed by atoms with E-state index in [-0.39, 0.29) is 11.7 Å². The minimum absolute atomic E-state index is 0.116. The minimum atomic E-state index is -0.229. The number of imidazole rings is 1. The van der Waals surface area contributed by atoms with Gasteiger partial charge >= 0.3 is 0 Å². The van der Waals surface area contributed by atoms with E-state index in [2.05, 4.69) is 9.97 Å². The molecule has 33 heavy (non-hydrogen) atoms. The van der Waals surface area contributed by atoms with Crippen LogP contribution in [-0.2, 0) is 6.54 Å². The Balaban J connectivity index is 1.45. The lowest BCUT2D eigenvalue weighted by molar-refractivity contribution is 0.395. The van der Waals surface area contributed by atoms with Crippen molar-refractivity contribution >= 4 is 11.6 Å². The highest BCUT2D eigenvalue weighted by atomic mass is 19.1. The lowest BCUT2D eigenvalue weighted by Crippen LogP contribution is -2.17. The van der Waals surface area contributed by atoms with Gasteiger partial charge in [0.1, 0.15) is 17.3 Å². The number of halogens is 1. The molecule has 0 amide bonds. The molecule has 0 radical (unpaired) electrons. The molecular weight excluding hydrogens is 419 g/mol. The molecule has 0 fully saturated rings. The van der Waals surface area contributed by atoms with Crippen molar-refractivity contribution in [2.45, 2.75) is 39.2 Å². The van der Waals surface area contributed by atoms with Crippen LogP contribution >= 0.6 is 0 Å². The number of aryl methyl sites for hydroxylation is 2. The molecule has 168 valence electrons. The smallest absolute Gasteiger partial charge is 0.238 e. The molecule has 8 heteroatoms. The average Bonchev–Trinajstić information content (AvgIpc) is 3.44. The standard InChI is InChI=1S/C25H25FN6O/c1-16(21-10-11-22(25(28-21)33-3)31-14-17(2)27-15-31)13-23-29-24-20(5-4-12-32(24)30-23)18-6-8-19(26)9-7-18/h6-11,13-15,20H,4-5,12H2,1-3H3/t20-/m0/s1. The molecule has 0 saturated heterocycles. The molecule has 4 aromatic rings. The summed E-state index contributed by atoms with van der Waals surface area (Å²) < 4.78 is 22.8. The largest absolute Gasteiger partial charge is 0.479 e. The fourth-order valence-corrected chi connectivity index (χ4v) is 4.26. The molecule has 0 aliphatic carbocycles. The first-order chi connectivity index (χ1) is 16.0. The van der Waals surface area contributed by atoms with Crippen molar-refractivity contribution in [2.75, 3.05) is 7.11 Å². The van der Waals surface area contributed by atoms with Crippen molar-refractivity contribution in [2.24, 2.45) is 0 Å². The number of pyridine rings is 1. The van der Waals surface area contributed by atoms with Gasteiger partial charge in [0.25, 0.3) is 0 Å². The molecular formula is C25H25FN6O. The molecule has 0 N–H and O–H groups in total. The van der Waals surface area contributed by atoms with E-state index >= 15 is 0 Å². The summed E-state index contributed by atoms with van der Waals surface area (Å²) in [4.78, 5) is 13.8. The van der Waals surface area contributed by atoms with Gasteiger partial charge in [0.15, 0.2) is 5.82 Å². The summed E-state index contributed by atoms with van der Waals surface area (Å²) in [5.41, 5.74) is 4.53. The maximum atomic E-state index is 13.4. The molecule has 3 aromatic heterocycles. The Bertz CT molecular complexity index is 1320. The van der Waals surface area contributed by atoms with Crippen LogP contribution in [0.5, 0.6) is 5.88 Å².